The topological polar surface area (TPSA) is 55.4 Å². The Hall–Kier alpha value is -1.84. The average molecular weight is 221 g/mol. The average Bonchev–Trinajstić information content (AvgIpc) is 2.26. The lowest BCUT2D eigenvalue weighted by atomic mass is 10.2. The third-order valence-corrected chi connectivity index (χ3v) is 1.81. The molecule has 1 amide bonds. The van der Waals surface area contributed by atoms with E-state index in [2.05, 4.69) is 5.32 Å². The highest BCUT2D eigenvalue weighted by molar-refractivity contribution is 5.78. The van der Waals surface area contributed by atoms with Crippen molar-refractivity contribution in [1.29, 1.82) is 0 Å². The van der Waals surface area contributed by atoms with E-state index < -0.39 is 0 Å². The number of amides is 1. The summed E-state index contributed by atoms with van der Waals surface area (Å²) in [6, 6.07) is 6.77. The first kappa shape index (κ1) is 12.2. The van der Waals surface area contributed by atoms with Crippen molar-refractivity contribution in [3.63, 3.8) is 0 Å². The van der Waals surface area contributed by atoms with Crippen LogP contribution < -0.4 is 10.1 Å². The first-order chi connectivity index (χ1) is 7.61. The second kappa shape index (κ2) is 5.90. The van der Waals surface area contributed by atoms with E-state index >= 15 is 0 Å². The number of benzene rings is 1. The summed E-state index contributed by atoms with van der Waals surface area (Å²) in [6.45, 7) is 3.72. The molecule has 0 heterocycles. The van der Waals surface area contributed by atoms with Crippen LogP contribution in [0.25, 0.3) is 0 Å². The van der Waals surface area contributed by atoms with Gasteiger partial charge in [0.2, 0.25) is 0 Å². The molecular formula is C12H15NO3. The molecule has 0 aliphatic heterocycles. The van der Waals surface area contributed by atoms with E-state index in [0.29, 0.717) is 11.3 Å². The molecule has 0 aromatic heterocycles. The molecule has 0 spiro atoms. The van der Waals surface area contributed by atoms with Gasteiger partial charge in [0, 0.05) is 11.6 Å². The number of hydrogen-bond donors (Lipinski definition) is 1. The van der Waals surface area contributed by atoms with Crippen LogP contribution in [-0.4, -0.2) is 24.8 Å². The summed E-state index contributed by atoms with van der Waals surface area (Å²) < 4.78 is 5.24. The number of aldehydes is 1. The predicted molar refractivity (Wildman–Crippen MR) is 60.6 cm³/mol. The van der Waals surface area contributed by atoms with Crippen LogP contribution in [0.2, 0.25) is 0 Å². The van der Waals surface area contributed by atoms with Crippen LogP contribution in [0.5, 0.6) is 5.75 Å². The van der Waals surface area contributed by atoms with E-state index in [0.717, 1.165) is 6.29 Å². The van der Waals surface area contributed by atoms with Crippen molar-refractivity contribution < 1.29 is 14.3 Å². The number of ether oxygens (including phenoxy) is 1. The van der Waals surface area contributed by atoms with Crippen LogP contribution in [0.4, 0.5) is 0 Å². The molecule has 1 rings (SSSR count). The van der Waals surface area contributed by atoms with Crippen molar-refractivity contribution in [2.75, 3.05) is 6.61 Å². The lowest BCUT2D eigenvalue weighted by Gasteiger charge is -2.09. The first-order valence-corrected chi connectivity index (χ1v) is 5.09. The summed E-state index contributed by atoms with van der Waals surface area (Å²) in [5.74, 6) is 0.343. The summed E-state index contributed by atoms with van der Waals surface area (Å²) in [5, 5.41) is 2.71. The van der Waals surface area contributed by atoms with Crippen molar-refractivity contribution in [1.82, 2.24) is 5.32 Å². The Bertz CT molecular complexity index is 374. The molecule has 86 valence electrons. The van der Waals surface area contributed by atoms with Gasteiger partial charge >= 0.3 is 0 Å². The first-order valence-electron chi connectivity index (χ1n) is 5.09. The van der Waals surface area contributed by atoms with E-state index in [1.165, 1.54) is 0 Å². The van der Waals surface area contributed by atoms with Gasteiger partial charge in [-0.3, -0.25) is 9.59 Å². The van der Waals surface area contributed by atoms with Crippen LogP contribution in [0.15, 0.2) is 24.3 Å². The highest BCUT2D eigenvalue weighted by Gasteiger charge is 2.04. The largest absolute Gasteiger partial charge is 0.484 e. The Morgan fingerprint density at radius 2 is 2.25 bits per heavy atom. The van der Waals surface area contributed by atoms with Gasteiger partial charge in [-0.25, -0.2) is 0 Å². The third kappa shape index (κ3) is 4.13. The second-order valence-corrected chi connectivity index (χ2v) is 3.70. The zero-order chi connectivity index (χ0) is 12.0. The fourth-order valence-electron chi connectivity index (χ4n) is 1.19. The highest BCUT2D eigenvalue weighted by atomic mass is 16.5. The Morgan fingerprint density at radius 3 is 2.88 bits per heavy atom. The Morgan fingerprint density at radius 1 is 1.50 bits per heavy atom. The van der Waals surface area contributed by atoms with Crippen molar-refractivity contribution in [3.8, 4) is 5.75 Å². The quantitative estimate of drug-likeness (QED) is 0.765. The van der Waals surface area contributed by atoms with E-state index in [9.17, 15) is 9.59 Å². The second-order valence-electron chi connectivity index (χ2n) is 3.70. The molecule has 0 aliphatic carbocycles. The summed E-state index contributed by atoms with van der Waals surface area (Å²) in [4.78, 5) is 21.8. The molecule has 0 bridgehead atoms. The van der Waals surface area contributed by atoms with Crippen LogP contribution in [0, 0.1) is 0 Å². The molecule has 1 aromatic rings. The van der Waals surface area contributed by atoms with Gasteiger partial charge < -0.3 is 10.1 Å². The smallest absolute Gasteiger partial charge is 0.258 e. The zero-order valence-electron chi connectivity index (χ0n) is 9.40. The van der Waals surface area contributed by atoms with Crippen LogP contribution in [-0.2, 0) is 4.79 Å². The lowest BCUT2D eigenvalue weighted by molar-refractivity contribution is -0.123. The van der Waals surface area contributed by atoms with Crippen LogP contribution >= 0.6 is 0 Å². The van der Waals surface area contributed by atoms with Gasteiger partial charge in [-0.05, 0) is 26.0 Å². The molecule has 4 nitrogen and oxygen atoms in total. The van der Waals surface area contributed by atoms with Crippen molar-refractivity contribution in [2.45, 2.75) is 19.9 Å². The maximum absolute atomic E-state index is 11.3. The van der Waals surface area contributed by atoms with E-state index in [4.69, 9.17) is 4.74 Å². The predicted octanol–water partition coefficient (Wildman–Crippen LogP) is 1.40. The Balaban J connectivity index is 2.48. The number of hydrogen-bond acceptors (Lipinski definition) is 3. The number of carbonyl (C=O) groups excluding carboxylic acids is 2. The van der Waals surface area contributed by atoms with Gasteiger partial charge in [-0.15, -0.1) is 0 Å². The molecule has 0 saturated heterocycles. The maximum Gasteiger partial charge on any atom is 0.258 e. The van der Waals surface area contributed by atoms with Gasteiger partial charge in [0.05, 0.1) is 0 Å². The Labute approximate surface area is 94.6 Å². The summed E-state index contributed by atoms with van der Waals surface area (Å²) in [6.07, 6.45) is 0.737. The van der Waals surface area contributed by atoms with Crippen LogP contribution in [0.1, 0.15) is 24.2 Å². The van der Waals surface area contributed by atoms with Gasteiger partial charge in [0.15, 0.2) is 6.61 Å². The molecule has 1 aromatic carbocycles. The molecule has 0 atom stereocenters. The normalized spacial score (nSPS) is 9.94. The SMILES string of the molecule is CC(C)NC(=O)COc1cccc(C=O)c1. The number of nitrogens with one attached hydrogen (secondary N) is 1. The molecule has 0 unspecified atom stereocenters. The molecular weight excluding hydrogens is 206 g/mol. The molecule has 1 N–H and O–H groups in total. The zero-order valence-corrected chi connectivity index (χ0v) is 9.40. The van der Waals surface area contributed by atoms with Gasteiger partial charge in [0.1, 0.15) is 12.0 Å². The minimum absolute atomic E-state index is 0.0412. The maximum atomic E-state index is 11.3. The molecule has 0 fully saturated rings. The molecule has 16 heavy (non-hydrogen) atoms. The van der Waals surface area contributed by atoms with Crippen molar-refractivity contribution >= 4 is 12.2 Å². The van der Waals surface area contributed by atoms with E-state index in [-0.39, 0.29) is 18.6 Å². The highest BCUT2D eigenvalue weighted by Crippen LogP contribution is 2.11. The number of carbonyl (C=O) groups is 2. The van der Waals surface area contributed by atoms with E-state index in [1.54, 1.807) is 24.3 Å². The molecule has 0 radical (unpaired) electrons. The monoisotopic (exact) mass is 221 g/mol. The lowest BCUT2D eigenvalue weighted by Crippen LogP contribution is -2.34. The van der Waals surface area contributed by atoms with Crippen molar-refractivity contribution in [3.05, 3.63) is 29.8 Å². The van der Waals surface area contributed by atoms with Crippen LogP contribution in [0.3, 0.4) is 0 Å². The standard InChI is InChI=1S/C12H15NO3/c1-9(2)13-12(15)8-16-11-5-3-4-10(6-11)7-14/h3-7,9H,8H2,1-2H3,(H,13,15). The van der Waals surface area contributed by atoms with Gasteiger partial charge in [0.25, 0.3) is 5.91 Å². The summed E-state index contributed by atoms with van der Waals surface area (Å²) in [5.41, 5.74) is 0.529. The molecule has 4 heteroatoms. The minimum Gasteiger partial charge on any atom is -0.484 e. The molecule has 0 aliphatic rings. The van der Waals surface area contributed by atoms with Gasteiger partial charge in [-0.1, -0.05) is 12.1 Å². The summed E-state index contributed by atoms with van der Waals surface area (Å²) in [7, 11) is 0. The summed E-state index contributed by atoms with van der Waals surface area (Å²) >= 11 is 0. The Kier molecular flexibility index (Phi) is 4.51. The minimum atomic E-state index is -0.175. The third-order valence-electron chi connectivity index (χ3n) is 1.81. The fraction of sp³-hybridized carbons (Fsp3) is 0.333. The van der Waals surface area contributed by atoms with Crippen molar-refractivity contribution in [2.24, 2.45) is 0 Å². The fourth-order valence-corrected chi connectivity index (χ4v) is 1.19. The van der Waals surface area contributed by atoms with Gasteiger partial charge in [-0.2, -0.15) is 0 Å². The molecule has 0 saturated carbocycles. The van der Waals surface area contributed by atoms with E-state index in [1.807, 2.05) is 13.8 Å². The number of rotatable bonds is 5.